The molecule has 0 bridgehead atoms. The number of benzene rings is 1. The fourth-order valence-corrected chi connectivity index (χ4v) is 2.12. The molecule has 1 heterocycles. The molecular formula is C13H17N3O3. The van der Waals surface area contributed by atoms with Crippen LogP contribution in [0.1, 0.15) is 23.2 Å². The number of nitrogens with zero attached hydrogens (tertiary/aromatic N) is 1. The van der Waals surface area contributed by atoms with E-state index in [1.807, 2.05) is 4.90 Å². The number of nitrogens with two attached hydrogens (primary N) is 1. The summed E-state index contributed by atoms with van der Waals surface area (Å²) in [5.41, 5.74) is 7.13. The van der Waals surface area contributed by atoms with Gasteiger partial charge in [-0.25, -0.2) is 4.79 Å². The summed E-state index contributed by atoms with van der Waals surface area (Å²) in [4.78, 5) is 24.6. The lowest BCUT2D eigenvalue weighted by atomic mass is 10.1. The summed E-state index contributed by atoms with van der Waals surface area (Å²) in [7, 11) is 0. The third-order valence-electron chi connectivity index (χ3n) is 3.10. The van der Waals surface area contributed by atoms with Crippen LogP contribution in [0.4, 0.5) is 11.4 Å². The highest BCUT2D eigenvalue weighted by Gasteiger charge is 2.20. The second-order valence-corrected chi connectivity index (χ2v) is 4.46. The molecule has 0 saturated carbocycles. The summed E-state index contributed by atoms with van der Waals surface area (Å²) in [5, 5.41) is 11.8. The smallest absolute Gasteiger partial charge is 0.335 e. The van der Waals surface area contributed by atoms with E-state index in [2.05, 4.69) is 5.32 Å². The fourth-order valence-electron chi connectivity index (χ4n) is 2.12. The van der Waals surface area contributed by atoms with Gasteiger partial charge in [0.15, 0.2) is 0 Å². The highest BCUT2D eigenvalue weighted by molar-refractivity contribution is 5.98. The summed E-state index contributed by atoms with van der Waals surface area (Å²) in [6, 6.07) is 4.73. The number of hydrogen-bond donors (Lipinski definition) is 3. The lowest BCUT2D eigenvalue weighted by Crippen LogP contribution is -2.27. The Balaban J connectivity index is 2.37. The molecular weight excluding hydrogens is 246 g/mol. The topological polar surface area (TPSA) is 95.7 Å². The van der Waals surface area contributed by atoms with Crippen molar-refractivity contribution in [2.24, 2.45) is 5.73 Å². The standard InChI is InChI=1S/C13H17N3O3/c14-5-1-6-16-7-4-12(17)15-10-3-2-9(13(18)19)8-11(10)16/h2-3,8H,1,4-7,14H2,(H,15,17)(H,18,19). The summed E-state index contributed by atoms with van der Waals surface area (Å²) in [6.45, 7) is 1.84. The molecule has 1 aromatic carbocycles. The van der Waals surface area contributed by atoms with Gasteiger partial charge in [-0.15, -0.1) is 0 Å². The van der Waals surface area contributed by atoms with Crippen molar-refractivity contribution in [2.45, 2.75) is 12.8 Å². The summed E-state index contributed by atoms with van der Waals surface area (Å²) in [5.74, 6) is -1.03. The van der Waals surface area contributed by atoms with Crippen LogP contribution in [0.3, 0.4) is 0 Å². The minimum atomic E-state index is -0.975. The number of carboxylic acids is 1. The molecule has 1 aliphatic heterocycles. The Morgan fingerprint density at radius 3 is 2.95 bits per heavy atom. The van der Waals surface area contributed by atoms with Gasteiger partial charge in [0.1, 0.15) is 0 Å². The third kappa shape index (κ3) is 3.03. The van der Waals surface area contributed by atoms with E-state index in [1.165, 1.54) is 6.07 Å². The van der Waals surface area contributed by atoms with Gasteiger partial charge in [-0.1, -0.05) is 0 Å². The van der Waals surface area contributed by atoms with E-state index in [1.54, 1.807) is 12.1 Å². The number of aromatic carboxylic acids is 1. The zero-order valence-electron chi connectivity index (χ0n) is 10.6. The molecule has 4 N–H and O–H groups in total. The maximum absolute atomic E-state index is 11.6. The molecule has 102 valence electrons. The van der Waals surface area contributed by atoms with Crippen molar-refractivity contribution < 1.29 is 14.7 Å². The molecule has 19 heavy (non-hydrogen) atoms. The highest BCUT2D eigenvalue weighted by atomic mass is 16.4. The minimum absolute atomic E-state index is 0.0560. The molecule has 1 amide bonds. The highest BCUT2D eigenvalue weighted by Crippen LogP contribution is 2.30. The molecule has 1 aromatic rings. The van der Waals surface area contributed by atoms with Crippen molar-refractivity contribution in [3.8, 4) is 0 Å². The maximum Gasteiger partial charge on any atom is 0.335 e. The van der Waals surface area contributed by atoms with Crippen LogP contribution in [0.15, 0.2) is 18.2 Å². The molecule has 0 aromatic heterocycles. The molecule has 0 fully saturated rings. The Morgan fingerprint density at radius 1 is 1.47 bits per heavy atom. The molecule has 0 unspecified atom stereocenters. The molecule has 2 rings (SSSR count). The van der Waals surface area contributed by atoms with Crippen LogP contribution in [0.2, 0.25) is 0 Å². The van der Waals surface area contributed by atoms with E-state index in [0.717, 1.165) is 12.1 Å². The van der Waals surface area contributed by atoms with E-state index in [-0.39, 0.29) is 11.5 Å². The second kappa shape index (κ2) is 5.71. The number of carbonyl (C=O) groups is 2. The van der Waals surface area contributed by atoms with Gasteiger partial charge in [-0.3, -0.25) is 4.79 Å². The Labute approximate surface area is 111 Å². The zero-order valence-corrected chi connectivity index (χ0v) is 10.6. The normalized spacial score (nSPS) is 14.6. The quantitative estimate of drug-likeness (QED) is 0.749. The van der Waals surface area contributed by atoms with Gasteiger partial charge >= 0.3 is 5.97 Å². The molecule has 0 saturated heterocycles. The Kier molecular flexibility index (Phi) is 4.01. The predicted octanol–water partition coefficient (Wildman–Crippen LogP) is 0.882. The van der Waals surface area contributed by atoms with Crippen LogP contribution in [-0.4, -0.2) is 36.6 Å². The summed E-state index contributed by atoms with van der Waals surface area (Å²) >= 11 is 0. The first-order valence-corrected chi connectivity index (χ1v) is 6.24. The number of carboxylic acid groups (broad SMARTS) is 1. The molecule has 6 nitrogen and oxygen atoms in total. The van der Waals surface area contributed by atoms with Crippen molar-refractivity contribution in [1.29, 1.82) is 0 Å². The van der Waals surface area contributed by atoms with Crippen LogP contribution in [-0.2, 0) is 4.79 Å². The van der Waals surface area contributed by atoms with E-state index >= 15 is 0 Å². The average Bonchev–Trinajstić information content (AvgIpc) is 2.54. The van der Waals surface area contributed by atoms with Gasteiger partial charge in [0.05, 0.1) is 16.9 Å². The van der Waals surface area contributed by atoms with Crippen molar-refractivity contribution in [1.82, 2.24) is 0 Å². The zero-order chi connectivity index (χ0) is 13.8. The van der Waals surface area contributed by atoms with Crippen LogP contribution in [0.5, 0.6) is 0 Å². The van der Waals surface area contributed by atoms with Gasteiger partial charge in [0.2, 0.25) is 5.91 Å². The summed E-state index contributed by atoms with van der Waals surface area (Å²) < 4.78 is 0. The Morgan fingerprint density at radius 2 is 2.26 bits per heavy atom. The third-order valence-corrected chi connectivity index (χ3v) is 3.10. The average molecular weight is 263 g/mol. The van der Waals surface area contributed by atoms with Crippen molar-refractivity contribution in [2.75, 3.05) is 29.9 Å². The van der Waals surface area contributed by atoms with E-state index in [9.17, 15) is 9.59 Å². The summed E-state index contributed by atoms with van der Waals surface area (Å²) in [6.07, 6.45) is 1.19. The van der Waals surface area contributed by atoms with Gasteiger partial charge in [-0.05, 0) is 31.2 Å². The van der Waals surface area contributed by atoms with E-state index in [0.29, 0.717) is 31.7 Å². The van der Waals surface area contributed by atoms with Crippen LogP contribution >= 0.6 is 0 Å². The van der Waals surface area contributed by atoms with Gasteiger partial charge in [0.25, 0.3) is 0 Å². The second-order valence-electron chi connectivity index (χ2n) is 4.46. The number of nitrogens with one attached hydrogen (secondary N) is 1. The molecule has 0 spiro atoms. The van der Waals surface area contributed by atoms with Crippen molar-refractivity contribution >= 4 is 23.3 Å². The molecule has 6 heteroatoms. The molecule has 0 atom stereocenters. The SMILES string of the molecule is NCCCN1CCC(=O)Nc2ccc(C(=O)O)cc21. The van der Waals surface area contributed by atoms with Crippen molar-refractivity contribution in [3.05, 3.63) is 23.8 Å². The van der Waals surface area contributed by atoms with Crippen LogP contribution in [0, 0.1) is 0 Å². The van der Waals surface area contributed by atoms with Crippen LogP contribution in [0.25, 0.3) is 0 Å². The van der Waals surface area contributed by atoms with Crippen molar-refractivity contribution in [3.63, 3.8) is 0 Å². The number of fused-ring (bicyclic) bond motifs is 1. The van der Waals surface area contributed by atoms with Crippen LogP contribution < -0.4 is 16.0 Å². The molecule has 1 aliphatic rings. The lowest BCUT2D eigenvalue weighted by molar-refractivity contribution is -0.115. The number of carbonyl (C=O) groups excluding carboxylic acids is 1. The maximum atomic E-state index is 11.6. The van der Waals surface area contributed by atoms with Gasteiger partial charge < -0.3 is 21.1 Å². The monoisotopic (exact) mass is 263 g/mol. The largest absolute Gasteiger partial charge is 0.478 e. The fraction of sp³-hybridized carbons (Fsp3) is 0.385. The van der Waals surface area contributed by atoms with Gasteiger partial charge in [0, 0.05) is 19.5 Å². The molecule has 0 radical (unpaired) electrons. The predicted molar refractivity (Wildman–Crippen MR) is 72.5 cm³/mol. The first-order chi connectivity index (χ1) is 9.11. The number of hydrogen-bond acceptors (Lipinski definition) is 4. The Bertz CT molecular complexity index is 502. The lowest BCUT2D eigenvalue weighted by Gasteiger charge is -2.24. The minimum Gasteiger partial charge on any atom is -0.478 e. The molecule has 0 aliphatic carbocycles. The number of rotatable bonds is 4. The Hall–Kier alpha value is -2.08. The first kappa shape index (κ1) is 13.4. The van der Waals surface area contributed by atoms with E-state index < -0.39 is 5.97 Å². The first-order valence-electron chi connectivity index (χ1n) is 6.24. The van der Waals surface area contributed by atoms with Gasteiger partial charge in [-0.2, -0.15) is 0 Å². The van der Waals surface area contributed by atoms with E-state index in [4.69, 9.17) is 10.8 Å². The number of anilines is 2. The number of amides is 1.